The number of ether oxygens (including phenoxy) is 1. The van der Waals surface area contributed by atoms with Crippen molar-refractivity contribution < 1.29 is 19.1 Å². The second kappa shape index (κ2) is 9.58. The fourth-order valence-electron chi connectivity index (χ4n) is 3.37. The molecule has 3 aromatic carbocycles. The zero-order valence-electron chi connectivity index (χ0n) is 17.7. The number of fused-ring (bicyclic) bond motifs is 1. The summed E-state index contributed by atoms with van der Waals surface area (Å²) in [5.41, 5.74) is 7.12. The molecule has 8 heteroatoms. The van der Waals surface area contributed by atoms with Gasteiger partial charge in [-0.3, -0.25) is 25.2 Å². The second-order valence-electron chi connectivity index (χ2n) is 7.32. The van der Waals surface area contributed by atoms with Gasteiger partial charge in [0.15, 0.2) is 12.4 Å². The van der Waals surface area contributed by atoms with Gasteiger partial charge in [-0.15, -0.1) is 0 Å². The summed E-state index contributed by atoms with van der Waals surface area (Å²) in [5.74, 6) is -0.680. The van der Waals surface area contributed by atoms with Gasteiger partial charge in [-0.25, -0.2) is 0 Å². The minimum Gasteiger partial charge on any atom is -0.484 e. The van der Waals surface area contributed by atoms with Crippen molar-refractivity contribution in [1.82, 2.24) is 15.4 Å². The van der Waals surface area contributed by atoms with E-state index in [0.717, 1.165) is 10.9 Å². The normalized spacial score (nSPS) is 10.6. The third-order valence-electron chi connectivity index (χ3n) is 5.05. The lowest BCUT2D eigenvalue weighted by molar-refractivity contribution is -0.123. The third-order valence-corrected chi connectivity index (χ3v) is 5.30. The molecule has 2 amide bonds. The highest BCUT2D eigenvalue weighted by Crippen LogP contribution is 2.20. The number of rotatable bonds is 6. The maximum atomic E-state index is 12.5. The molecular formula is C25H20ClN3O4. The van der Waals surface area contributed by atoms with Crippen LogP contribution in [0.2, 0.25) is 5.02 Å². The SMILES string of the molecule is Cn1cc(C(=O)NNC(=O)COc2ccc(C(=O)c3ccc(Cl)cc3)cc2)c2ccccc21. The Kier molecular flexibility index (Phi) is 6.42. The van der Waals surface area contributed by atoms with Crippen LogP contribution in [0.3, 0.4) is 0 Å². The van der Waals surface area contributed by atoms with Gasteiger partial charge in [0.2, 0.25) is 0 Å². The van der Waals surface area contributed by atoms with Gasteiger partial charge in [-0.05, 0) is 54.6 Å². The first-order valence-electron chi connectivity index (χ1n) is 10.1. The minimum atomic E-state index is -0.523. The molecule has 4 aromatic rings. The van der Waals surface area contributed by atoms with E-state index in [2.05, 4.69) is 10.9 Å². The minimum absolute atomic E-state index is 0.146. The number of ketones is 1. The molecular weight excluding hydrogens is 442 g/mol. The van der Waals surface area contributed by atoms with E-state index < -0.39 is 11.8 Å². The Morgan fingerprint density at radius 3 is 2.21 bits per heavy atom. The second-order valence-corrected chi connectivity index (χ2v) is 7.76. The molecule has 0 spiro atoms. The maximum Gasteiger partial charge on any atom is 0.276 e. The Labute approximate surface area is 194 Å². The number of hydrogen-bond donors (Lipinski definition) is 2. The van der Waals surface area contributed by atoms with Crippen molar-refractivity contribution in [2.75, 3.05) is 6.61 Å². The number of benzene rings is 3. The molecule has 4 rings (SSSR count). The first-order valence-corrected chi connectivity index (χ1v) is 10.5. The molecule has 0 bridgehead atoms. The molecule has 0 aliphatic carbocycles. The quantitative estimate of drug-likeness (QED) is 0.336. The molecule has 1 heterocycles. The smallest absolute Gasteiger partial charge is 0.276 e. The van der Waals surface area contributed by atoms with Gasteiger partial charge < -0.3 is 9.30 Å². The lowest BCUT2D eigenvalue weighted by Gasteiger charge is -2.09. The predicted octanol–water partition coefficient (Wildman–Crippen LogP) is 3.90. The van der Waals surface area contributed by atoms with Gasteiger partial charge in [0.05, 0.1) is 5.56 Å². The van der Waals surface area contributed by atoms with Crippen LogP contribution in [0, 0.1) is 0 Å². The molecule has 33 heavy (non-hydrogen) atoms. The average Bonchev–Trinajstić information content (AvgIpc) is 3.18. The summed E-state index contributed by atoms with van der Waals surface area (Å²) in [6.07, 6.45) is 1.70. The molecule has 2 N–H and O–H groups in total. The van der Waals surface area contributed by atoms with Crippen LogP contribution in [-0.2, 0) is 11.8 Å². The number of hydrogen-bond acceptors (Lipinski definition) is 4. The summed E-state index contributed by atoms with van der Waals surface area (Å²) in [4.78, 5) is 37.1. The zero-order chi connectivity index (χ0) is 23.4. The molecule has 166 valence electrons. The molecule has 0 aliphatic heterocycles. The lowest BCUT2D eigenvalue weighted by Crippen LogP contribution is -2.43. The first-order chi connectivity index (χ1) is 15.9. The van der Waals surface area contributed by atoms with Crippen molar-refractivity contribution in [1.29, 1.82) is 0 Å². The van der Waals surface area contributed by atoms with Crippen molar-refractivity contribution in [2.24, 2.45) is 7.05 Å². The fraction of sp³-hybridized carbons (Fsp3) is 0.0800. The van der Waals surface area contributed by atoms with Crippen LogP contribution in [-0.4, -0.2) is 28.8 Å². The summed E-state index contributed by atoms with van der Waals surface area (Å²) >= 11 is 5.85. The van der Waals surface area contributed by atoms with E-state index in [4.69, 9.17) is 16.3 Å². The van der Waals surface area contributed by atoms with Crippen LogP contribution >= 0.6 is 11.6 Å². The standard InChI is InChI=1S/C25H20ClN3O4/c1-29-14-21(20-4-2-3-5-22(20)29)25(32)28-27-23(30)15-33-19-12-8-17(9-13-19)24(31)16-6-10-18(26)11-7-16/h2-14H,15H2,1H3,(H,27,30)(H,28,32). The van der Waals surface area contributed by atoms with Gasteiger partial charge in [0.1, 0.15) is 5.75 Å². The summed E-state index contributed by atoms with van der Waals surface area (Å²) in [5, 5.41) is 1.35. The van der Waals surface area contributed by atoms with E-state index in [1.54, 1.807) is 54.7 Å². The summed E-state index contributed by atoms with van der Waals surface area (Å²) in [6, 6.07) is 20.6. The van der Waals surface area contributed by atoms with Crippen molar-refractivity contribution in [2.45, 2.75) is 0 Å². The third kappa shape index (κ3) is 5.05. The Morgan fingerprint density at radius 2 is 1.52 bits per heavy atom. The van der Waals surface area contributed by atoms with Crippen LogP contribution in [0.25, 0.3) is 10.9 Å². The predicted molar refractivity (Wildman–Crippen MR) is 125 cm³/mol. The van der Waals surface area contributed by atoms with Crippen molar-refractivity contribution in [3.8, 4) is 5.75 Å². The molecule has 1 aromatic heterocycles. The number of carbonyl (C=O) groups is 3. The number of hydrazine groups is 1. The average molecular weight is 462 g/mol. The largest absolute Gasteiger partial charge is 0.484 e. The highest BCUT2D eigenvalue weighted by atomic mass is 35.5. The number of carbonyl (C=O) groups excluding carboxylic acids is 3. The van der Waals surface area contributed by atoms with E-state index in [-0.39, 0.29) is 12.4 Å². The summed E-state index contributed by atoms with van der Waals surface area (Å²) in [7, 11) is 1.85. The number of para-hydroxylation sites is 1. The van der Waals surface area contributed by atoms with Gasteiger partial charge in [-0.2, -0.15) is 0 Å². The molecule has 7 nitrogen and oxygen atoms in total. The molecule has 0 fully saturated rings. The number of nitrogens with one attached hydrogen (secondary N) is 2. The van der Waals surface area contributed by atoms with E-state index in [1.165, 1.54) is 0 Å². The highest BCUT2D eigenvalue weighted by molar-refractivity contribution is 6.30. The van der Waals surface area contributed by atoms with Gasteiger partial charge in [-0.1, -0.05) is 29.8 Å². The zero-order valence-corrected chi connectivity index (χ0v) is 18.4. The number of aryl methyl sites for hydroxylation is 1. The fourth-order valence-corrected chi connectivity index (χ4v) is 3.50. The maximum absolute atomic E-state index is 12.5. The van der Waals surface area contributed by atoms with Crippen molar-refractivity contribution in [3.05, 3.63) is 101 Å². The number of amides is 2. The molecule has 0 saturated heterocycles. The highest BCUT2D eigenvalue weighted by Gasteiger charge is 2.14. The Bertz CT molecular complexity index is 1330. The molecule has 0 aliphatic rings. The van der Waals surface area contributed by atoms with Crippen LogP contribution < -0.4 is 15.6 Å². The van der Waals surface area contributed by atoms with Gasteiger partial charge in [0.25, 0.3) is 11.8 Å². The van der Waals surface area contributed by atoms with E-state index in [1.807, 2.05) is 35.9 Å². The topological polar surface area (TPSA) is 89.4 Å². The summed E-state index contributed by atoms with van der Waals surface area (Å²) < 4.78 is 7.28. The Balaban J connectivity index is 1.29. The van der Waals surface area contributed by atoms with Crippen LogP contribution in [0.15, 0.2) is 79.0 Å². The number of halogens is 1. The van der Waals surface area contributed by atoms with Gasteiger partial charge >= 0.3 is 0 Å². The van der Waals surface area contributed by atoms with Gasteiger partial charge in [0, 0.05) is 40.3 Å². The Hall–Kier alpha value is -4.10. The number of aromatic nitrogens is 1. The molecule has 0 unspecified atom stereocenters. The monoisotopic (exact) mass is 461 g/mol. The van der Waals surface area contributed by atoms with Crippen molar-refractivity contribution in [3.63, 3.8) is 0 Å². The lowest BCUT2D eigenvalue weighted by atomic mass is 10.0. The van der Waals surface area contributed by atoms with Crippen LogP contribution in [0.1, 0.15) is 26.3 Å². The molecule has 0 radical (unpaired) electrons. The van der Waals surface area contributed by atoms with Crippen molar-refractivity contribution >= 4 is 40.1 Å². The van der Waals surface area contributed by atoms with Crippen LogP contribution in [0.5, 0.6) is 5.75 Å². The number of nitrogens with zero attached hydrogens (tertiary/aromatic N) is 1. The van der Waals surface area contributed by atoms with E-state index in [0.29, 0.717) is 27.5 Å². The van der Waals surface area contributed by atoms with Crippen LogP contribution in [0.4, 0.5) is 0 Å². The van der Waals surface area contributed by atoms with E-state index in [9.17, 15) is 14.4 Å². The van der Waals surface area contributed by atoms with E-state index >= 15 is 0 Å². The summed E-state index contributed by atoms with van der Waals surface area (Å²) in [6.45, 7) is -0.305. The Morgan fingerprint density at radius 1 is 0.879 bits per heavy atom. The molecule has 0 atom stereocenters. The first kappa shape index (κ1) is 22.1. The molecule has 0 saturated carbocycles.